The molecule has 0 spiro atoms. The van der Waals surface area contributed by atoms with Crippen LogP contribution in [0, 0.1) is 0 Å². The van der Waals surface area contributed by atoms with Crippen molar-refractivity contribution in [1.29, 1.82) is 0 Å². The molecule has 4 nitrogen and oxygen atoms in total. The van der Waals surface area contributed by atoms with E-state index >= 15 is 0 Å². The van der Waals surface area contributed by atoms with Gasteiger partial charge < -0.3 is 11.7 Å². The number of hydrogen-bond acceptors (Lipinski definition) is 4. The van der Waals surface area contributed by atoms with Gasteiger partial charge in [0, 0.05) is 0 Å². The second-order valence-corrected chi connectivity index (χ2v) is 0.596. The summed E-state index contributed by atoms with van der Waals surface area (Å²) < 4.78 is 0. The Morgan fingerprint density at radius 1 is 1.00 bits per heavy atom. The second-order valence-electron chi connectivity index (χ2n) is 0.596. The van der Waals surface area contributed by atoms with Crippen molar-refractivity contribution in [2.24, 2.45) is 21.9 Å². The summed E-state index contributed by atoms with van der Waals surface area (Å²) >= 11 is 0. The average molecular weight is 86.1 g/mol. The van der Waals surface area contributed by atoms with Crippen LogP contribution in [0.4, 0.5) is 0 Å². The van der Waals surface area contributed by atoms with E-state index in [0.717, 1.165) is 0 Å². The summed E-state index contributed by atoms with van der Waals surface area (Å²) in [6, 6.07) is 0. The van der Waals surface area contributed by atoms with E-state index in [-0.39, 0.29) is 0 Å². The van der Waals surface area contributed by atoms with Crippen LogP contribution in [0.25, 0.3) is 0 Å². The van der Waals surface area contributed by atoms with Crippen LogP contribution < -0.4 is 11.7 Å². The van der Waals surface area contributed by atoms with Crippen LogP contribution in [0.5, 0.6) is 0 Å². The molecule has 0 aliphatic rings. The van der Waals surface area contributed by atoms with Gasteiger partial charge in [0.2, 0.25) is 0 Å². The molecule has 4 heteroatoms. The summed E-state index contributed by atoms with van der Waals surface area (Å²) in [5.41, 5.74) is 0. The highest BCUT2D eigenvalue weighted by Crippen LogP contribution is 1.37. The van der Waals surface area contributed by atoms with E-state index in [1.165, 1.54) is 12.4 Å². The van der Waals surface area contributed by atoms with Crippen LogP contribution in [0.3, 0.4) is 0 Å². The van der Waals surface area contributed by atoms with Crippen molar-refractivity contribution in [2.45, 2.75) is 0 Å². The van der Waals surface area contributed by atoms with Gasteiger partial charge in [-0.05, 0) is 0 Å². The zero-order chi connectivity index (χ0) is 4.83. The molecule has 0 aromatic heterocycles. The van der Waals surface area contributed by atoms with Crippen molar-refractivity contribution >= 4 is 12.4 Å². The fraction of sp³-hybridized carbons (Fsp3) is 0. The van der Waals surface area contributed by atoms with Gasteiger partial charge in [0.05, 0.1) is 12.4 Å². The summed E-state index contributed by atoms with van der Waals surface area (Å²) in [7, 11) is 0. The van der Waals surface area contributed by atoms with Crippen molar-refractivity contribution in [3.05, 3.63) is 0 Å². The predicted molar refractivity (Wildman–Crippen MR) is 25.4 cm³/mol. The number of nitrogens with zero attached hydrogens (tertiary/aromatic N) is 2. The Morgan fingerprint density at radius 3 is 1.50 bits per heavy atom. The fourth-order valence-electron chi connectivity index (χ4n) is 0.0770. The number of hydrogen-bond donors (Lipinski definition) is 2. The van der Waals surface area contributed by atoms with E-state index in [1.807, 2.05) is 0 Å². The van der Waals surface area contributed by atoms with E-state index in [0.29, 0.717) is 0 Å². The molecule has 0 heterocycles. The molecule has 34 valence electrons. The van der Waals surface area contributed by atoms with Crippen molar-refractivity contribution < 1.29 is 0 Å². The first-order valence-electron chi connectivity index (χ1n) is 1.37. The molecule has 0 rings (SSSR count). The maximum absolute atomic E-state index is 4.64. The Hall–Kier alpha value is -1.06. The third-order valence-electron chi connectivity index (χ3n) is 0.239. The van der Waals surface area contributed by atoms with E-state index < -0.39 is 0 Å². The molecule has 0 bridgehead atoms. The van der Waals surface area contributed by atoms with Gasteiger partial charge in [0.1, 0.15) is 0 Å². The summed E-state index contributed by atoms with van der Waals surface area (Å²) in [6.45, 7) is 0. The van der Waals surface area contributed by atoms with E-state index in [2.05, 4.69) is 21.9 Å². The lowest BCUT2D eigenvalue weighted by Crippen LogP contribution is -1.86. The molecule has 0 aliphatic carbocycles. The third kappa shape index (κ3) is 2.94. The molecule has 0 radical (unpaired) electrons. The highest BCUT2D eigenvalue weighted by Gasteiger charge is 1.51. The number of hydrazone groups is 2. The lowest BCUT2D eigenvalue weighted by atomic mass is 10.8. The van der Waals surface area contributed by atoms with Crippen molar-refractivity contribution in [3.8, 4) is 0 Å². The lowest BCUT2D eigenvalue weighted by Gasteiger charge is -1.65. The Labute approximate surface area is 35.5 Å². The summed E-state index contributed by atoms with van der Waals surface area (Å²) in [4.78, 5) is 0. The van der Waals surface area contributed by atoms with Gasteiger partial charge in [-0.15, -0.1) is 0 Å². The Bertz CT molecular complexity index is 53.9. The molecule has 4 N–H and O–H groups in total. The predicted octanol–water partition coefficient (Wildman–Crippen LogP) is -1.12. The van der Waals surface area contributed by atoms with Gasteiger partial charge in [0.15, 0.2) is 0 Å². The van der Waals surface area contributed by atoms with Gasteiger partial charge in [-0.2, -0.15) is 10.2 Å². The molecule has 0 aromatic carbocycles. The van der Waals surface area contributed by atoms with E-state index in [4.69, 9.17) is 0 Å². The summed E-state index contributed by atoms with van der Waals surface area (Å²) in [6.07, 6.45) is 2.58. The van der Waals surface area contributed by atoms with Crippen LogP contribution in [0.2, 0.25) is 0 Å². The van der Waals surface area contributed by atoms with Gasteiger partial charge >= 0.3 is 0 Å². The SMILES string of the molecule is N/N=C\C=N\N. The minimum absolute atomic E-state index is 1.29. The zero-order valence-corrected chi connectivity index (χ0v) is 3.20. The Morgan fingerprint density at radius 2 is 1.33 bits per heavy atom. The molecule has 0 aromatic rings. The van der Waals surface area contributed by atoms with Crippen LogP contribution >= 0.6 is 0 Å². The maximum Gasteiger partial charge on any atom is 0.0666 e. The molecule has 0 unspecified atom stereocenters. The van der Waals surface area contributed by atoms with Gasteiger partial charge in [-0.1, -0.05) is 0 Å². The molecule has 0 saturated carbocycles. The van der Waals surface area contributed by atoms with Crippen molar-refractivity contribution in [1.82, 2.24) is 0 Å². The van der Waals surface area contributed by atoms with Gasteiger partial charge in [0.25, 0.3) is 0 Å². The number of nitrogens with two attached hydrogens (primary N) is 2. The molecule has 0 saturated heterocycles. The topological polar surface area (TPSA) is 76.8 Å². The highest BCUT2D eigenvalue weighted by atomic mass is 15.1. The highest BCUT2D eigenvalue weighted by molar-refractivity contribution is 6.15. The normalized spacial score (nSPS) is 11.3. The van der Waals surface area contributed by atoms with Crippen molar-refractivity contribution in [3.63, 3.8) is 0 Å². The first kappa shape index (κ1) is 4.94. The smallest absolute Gasteiger partial charge is 0.0666 e. The van der Waals surface area contributed by atoms with Crippen LogP contribution in [-0.4, -0.2) is 12.4 Å². The van der Waals surface area contributed by atoms with Gasteiger partial charge in [-0.3, -0.25) is 0 Å². The largest absolute Gasteiger partial charge is 0.323 e. The Kier molecular flexibility index (Phi) is 3.24. The lowest BCUT2D eigenvalue weighted by molar-refractivity contribution is 1.25. The van der Waals surface area contributed by atoms with Crippen molar-refractivity contribution in [2.75, 3.05) is 0 Å². The van der Waals surface area contributed by atoms with Crippen LogP contribution in [0.1, 0.15) is 0 Å². The zero-order valence-electron chi connectivity index (χ0n) is 3.20. The summed E-state index contributed by atoms with van der Waals surface area (Å²) in [5.74, 6) is 9.27. The fourth-order valence-corrected chi connectivity index (χ4v) is 0.0770. The van der Waals surface area contributed by atoms with E-state index in [1.54, 1.807) is 0 Å². The second kappa shape index (κ2) is 3.94. The minimum Gasteiger partial charge on any atom is -0.323 e. The standard InChI is InChI=1S/C2H6N4/c3-5-1-2-6-4/h1-2H,3-4H2/b5-1-,6-2+. The molecule has 0 fully saturated rings. The molecule has 0 aliphatic heterocycles. The Balaban J connectivity index is 3.07. The number of rotatable bonds is 1. The first-order chi connectivity index (χ1) is 2.91. The molecule has 0 atom stereocenters. The van der Waals surface area contributed by atoms with Crippen LogP contribution in [-0.2, 0) is 0 Å². The first-order valence-corrected chi connectivity index (χ1v) is 1.37. The molecular formula is C2H6N4. The quantitative estimate of drug-likeness (QED) is 0.241. The summed E-state index contributed by atoms with van der Waals surface area (Å²) in [5, 5.41) is 6.14. The monoisotopic (exact) mass is 86.1 g/mol. The third-order valence-corrected chi connectivity index (χ3v) is 0.239. The molecule has 6 heavy (non-hydrogen) atoms. The minimum atomic E-state index is 1.29. The van der Waals surface area contributed by atoms with Crippen LogP contribution in [0.15, 0.2) is 10.2 Å². The maximum atomic E-state index is 4.64. The average Bonchev–Trinajstić information content (AvgIpc) is 1.61. The molecule has 0 amide bonds. The molecular weight excluding hydrogens is 80.1 g/mol. The van der Waals surface area contributed by atoms with E-state index in [9.17, 15) is 0 Å². The van der Waals surface area contributed by atoms with Gasteiger partial charge in [-0.25, -0.2) is 0 Å².